The van der Waals surface area contributed by atoms with Crippen molar-refractivity contribution in [3.63, 3.8) is 0 Å². The Kier molecular flexibility index (Phi) is 7.21. The van der Waals surface area contributed by atoms with Crippen molar-refractivity contribution in [2.24, 2.45) is 0 Å². The van der Waals surface area contributed by atoms with Crippen LogP contribution in [0.4, 0.5) is 0 Å². The van der Waals surface area contributed by atoms with E-state index in [-0.39, 0.29) is 31.2 Å². The van der Waals surface area contributed by atoms with E-state index in [4.69, 9.17) is 9.47 Å². The number of aryl methyl sites for hydroxylation is 1. The first-order chi connectivity index (χ1) is 14.5. The molecule has 156 valence electrons. The van der Waals surface area contributed by atoms with Crippen molar-refractivity contribution in [1.29, 1.82) is 0 Å². The molecule has 1 N–H and O–H groups in total. The van der Waals surface area contributed by atoms with Gasteiger partial charge in [-0.15, -0.1) is 0 Å². The van der Waals surface area contributed by atoms with Crippen molar-refractivity contribution >= 4 is 5.91 Å². The summed E-state index contributed by atoms with van der Waals surface area (Å²) in [7, 11) is 0. The average molecular weight is 407 g/mol. The van der Waals surface area contributed by atoms with Gasteiger partial charge in [0.05, 0.1) is 18.8 Å². The normalized spacial score (nSPS) is 10.5. The molecule has 0 unspecified atom stereocenters. The molecule has 0 bridgehead atoms. The van der Waals surface area contributed by atoms with Gasteiger partial charge in [-0.2, -0.15) is 5.10 Å². The number of amides is 1. The van der Waals surface area contributed by atoms with E-state index in [1.165, 1.54) is 10.7 Å². The fourth-order valence-corrected chi connectivity index (χ4v) is 2.86. The molecule has 0 fully saturated rings. The maximum Gasteiger partial charge on any atom is 0.266 e. The SMILES string of the molecule is CCOc1ccc(-c2ccc(=O)n(CCNC(=O)COc3cccc(C)c3)n2)cc1. The Morgan fingerprint density at radius 2 is 1.83 bits per heavy atom. The minimum Gasteiger partial charge on any atom is -0.494 e. The second kappa shape index (κ2) is 10.2. The predicted octanol–water partition coefficient (Wildman–Crippen LogP) is 2.81. The lowest BCUT2D eigenvalue weighted by Gasteiger charge is -2.10. The predicted molar refractivity (Wildman–Crippen MR) is 115 cm³/mol. The maximum absolute atomic E-state index is 12.1. The topological polar surface area (TPSA) is 82.5 Å². The number of benzene rings is 2. The third-order valence-electron chi connectivity index (χ3n) is 4.33. The molecule has 7 heteroatoms. The number of rotatable bonds is 9. The van der Waals surface area contributed by atoms with Gasteiger partial charge in [0, 0.05) is 18.2 Å². The van der Waals surface area contributed by atoms with Gasteiger partial charge in [-0.05, 0) is 61.9 Å². The number of nitrogens with zero attached hydrogens (tertiary/aromatic N) is 2. The van der Waals surface area contributed by atoms with Crippen molar-refractivity contribution in [2.45, 2.75) is 20.4 Å². The lowest BCUT2D eigenvalue weighted by atomic mass is 10.1. The number of hydrogen-bond donors (Lipinski definition) is 1. The van der Waals surface area contributed by atoms with Gasteiger partial charge in [-0.3, -0.25) is 9.59 Å². The summed E-state index contributed by atoms with van der Waals surface area (Å²) < 4.78 is 12.3. The Morgan fingerprint density at radius 1 is 1.03 bits per heavy atom. The quantitative estimate of drug-likeness (QED) is 0.590. The Hall–Kier alpha value is -3.61. The third-order valence-corrected chi connectivity index (χ3v) is 4.33. The van der Waals surface area contributed by atoms with Crippen LogP contribution in [0.5, 0.6) is 11.5 Å². The molecule has 1 heterocycles. The van der Waals surface area contributed by atoms with Gasteiger partial charge >= 0.3 is 0 Å². The van der Waals surface area contributed by atoms with Gasteiger partial charge in [0.2, 0.25) is 0 Å². The van der Waals surface area contributed by atoms with E-state index in [1.54, 1.807) is 12.1 Å². The molecule has 0 aliphatic heterocycles. The van der Waals surface area contributed by atoms with Crippen LogP contribution in [0.1, 0.15) is 12.5 Å². The first-order valence-corrected chi connectivity index (χ1v) is 9.82. The summed E-state index contributed by atoms with van der Waals surface area (Å²) in [5.74, 6) is 1.17. The Balaban J connectivity index is 1.54. The Bertz CT molecular complexity index is 1040. The lowest BCUT2D eigenvalue weighted by Crippen LogP contribution is -2.34. The minimum absolute atomic E-state index is 0.0853. The molecule has 30 heavy (non-hydrogen) atoms. The molecule has 1 amide bonds. The molecule has 0 aliphatic rings. The summed E-state index contributed by atoms with van der Waals surface area (Å²) in [6.07, 6.45) is 0. The smallest absolute Gasteiger partial charge is 0.266 e. The third kappa shape index (κ3) is 5.94. The van der Waals surface area contributed by atoms with Gasteiger partial charge in [0.15, 0.2) is 6.61 Å². The van der Waals surface area contributed by atoms with Gasteiger partial charge in [-0.25, -0.2) is 4.68 Å². The summed E-state index contributed by atoms with van der Waals surface area (Å²) in [6.45, 7) is 4.94. The highest BCUT2D eigenvalue weighted by Crippen LogP contribution is 2.19. The zero-order valence-electron chi connectivity index (χ0n) is 17.1. The van der Waals surface area contributed by atoms with Crippen molar-refractivity contribution in [2.75, 3.05) is 19.8 Å². The number of nitrogens with one attached hydrogen (secondary N) is 1. The van der Waals surface area contributed by atoms with Crippen LogP contribution in [0.15, 0.2) is 65.5 Å². The monoisotopic (exact) mass is 407 g/mol. The van der Waals surface area contributed by atoms with Gasteiger partial charge in [0.25, 0.3) is 11.5 Å². The summed E-state index contributed by atoms with van der Waals surface area (Å²) in [5, 5.41) is 7.14. The lowest BCUT2D eigenvalue weighted by molar-refractivity contribution is -0.123. The molecule has 1 aromatic heterocycles. The van der Waals surface area contributed by atoms with Crippen LogP contribution < -0.4 is 20.3 Å². The van der Waals surface area contributed by atoms with Crippen molar-refractivity contribution in [3.8, 4) is 22.8 Å². The number of carbonyl (C=O) groups excluding carboxylic acids is 1. The van der Waals surface area contributed by atoms with E-state index >= 15 is 0 Å². The zero-order valence-corrected chi connectivity index (χ0v) is 17.1. The first-order valence-electron chi connectivity index (χ1n) is 9.82. The molecular formula is C23H25N3O4. The standard InChI is InChI=1S/C23H25N3O4/c1-3-29-19-9-7-18(8-10-19)21-11-12-23(28)26(25-21)14-13-24-22(27)16-30-20-6-4-5-17(2)15-20/h4-12,15H,3,13-14,16H2,1-2H3,(H,24,27). The van der Waals surface area contributed by atoms with E-state index in [0.29, 0.717) is 18.1 Å². The van der Waals surface area contributed by atoms with Crippen molar-refractivity contribution < 1.29 is 14.3 Å². The number of ether oxygens (including phenoxy) is 2. The molecule has 0 saturated heterocycles. The van der Waals surface area contributed by atoms with Crippen molar-refractivity contribution in [3.05, 3.63) is 76.6 Å². The molecule has 0 radical (unpaired) electrons. The maximum atomic E-state index is 12.1. The molecule has 0 saturated carbocycles. The summed E-state index contributed by atoms with van der Waals surface area (Å²) >= 11 is 0. The highest BCUT2D eigenvalue weighted by Gasteiger charge is 2.06. The second-order valence-electron chi connectivity index (χ2n) is 6.69. The van der Waals surface area contributed by atoms with Gasteiger partial charge < -0.3 is 14.8 Å². The Labute approximate surface area is 175 Å². The summed E-state index contributed by atoms with van der Waals surface area (Å²) in [5.41, 5.74) is 2.38. The van der Waals surface area contributed by atoms with E-state index < -0.39 is 0 Å². The zero-order chi connectivity index (χ0) is 21.3. The van der Waals surface area contributed by atoms with Crippen LogP contribution in [0.25, 0.3) is 11.3 Å². The molecule has 0 aliphatic carbocycles. The molecule has 0 spiro atoms. The second-order valence-corrected chi connectivity index (χ2v) is 6.69. The van der Waals surface area contributed by atoms with Crippen LogP contribution >= 0.6 is 0 Å². The van der Waals surface area contributed by atoms with E-state index in [0.717, 1.165) is 16.9 Å². The highest BCUT2D eigenvalue weighted by atomic mass is 16.5. The fraction of sp³-hybridized carbons (Fsp3) is 0.261. The molecule has 3 aromatic rings. The summed E-state index contributed by atoms with van der Waals surface area (Å²) in [6, 6.07) is 18.2. The first kappa shape index (κ1) is 21.1. The van der Waals surface area contributed by atoms with Gasteiger partial charge in [0.1, 0.15) is 11.5 Å². The van der Waals surface area contributed by atoms with E-state index in [1.807, 2.05) is 56.3 Å². The van der Waals surface area contributed by atoms with Crippen LogP contribution in [0, 0.1) is 6.92 Å². The van der Waals surface area contributed by atoms with Crippen LogP contribution in [0.2, 0.25) is 0 Å². The molecule has 7 nitrogen and oxygen atoms in total. The van der Waals surface area contributed by atoms with Crippen LogP contribution in [-0.4, -0.2) is 35.4 Å². The molecular weight excluding hydrogens is 382 g/mol. The van der Waals surface area contributed by atoms with E-state index in [2.05, 4.69) is 10.4 Å². The van der Waals surface area contributed by atoms with Crippen LogP contribution in [0.3, 0.4) is 0 Å². The Morgan fingerprint density at radius 3 is 2.57 bits per heavy atom. The van der Waals surface area contributed by atoms with Crippen molar-refractivity contribution in [1.82, 2.24) is 15.1 Å². The largest absolute Gasteiger partial charge is 0.494 e. The highest BCUT2D eigenvalue weighted by molar-refractivity contribution is 5.77. The molecule has 2 aromatic carbocycles. The molecule has 3 rings (SSSR count). The fourth-order valence-electron chi connectivity index (χ4n) is 2.86. The van der Waals surface area contributed by atoms with Gasteiger partial charge in [-0.1, -0.05) is 12.1 Å². The number of carbonyl (C=O) groups is 1. The number of hydrogen-bond acceptors (Lipinski definition) is 5. The molecule has 0 atom stereocenters. The summed E-state index contributed by atoms with van der Waals surface area (Å²) in [4.78, 5) is 24.1. The van der Waals surface area contributed by atoms with E-state index in [9.17, 15) is 9.59 Å². The number of aromatic nitrogens is 2. The van der Waals surface area contributed by atoms with Crippen LogP contribution in [-0.2, 0) is 11.3 Å². The minimum atomic E-state index is -0.257. The average Bonchev–Trinajstić information content (AvgIpc) is 2.74.